The maximum Gasteiger partial charge on any atom is 0.320 e. The van der Waals surface area contributed by atoms with Crippen molar-refractivity contribution in [1.82, 2.24) is 30.0 Å². The molecule has 11 heteroatoms. The smallest absolute Gasteiger partial charge is 0.320 e. The average Bonchev–Trinajstić information content (AvgIpc) is 3.49. The van der Waals surface area contributed by atoms with Crippen molar-refractivity contribution in [3.63, 3.8) is 0 Å². The van der Waals surface area contributed by atoms with Crippen molar-refractivity contribution in [2.24, 2.45) is 0 Å². The zero-order chi connectivity index (χ0) is 27.2. The highest BCUT2D eigenvalue weighted by atomic mass is 19.1. The zero-order valence-electron chi connectivity index (χ0n) is 21.8. The number of amides is 2. The summed E-state index contributed by atoms with van der Waals surface area (Å²) in [6.07, 6.45) is 4.57. The standard InChI is InChI=1S/C28H30FN7O3/c1-19-26(36(22-6-4-3-5-7-22)34-27(19)39-25-16-30-12-13-31-25)33-28(37)32-24-18-35(14-15-38-2)17-23(24)20-8-10-21(29)11-9-20/h3-13,16,23-24H,14-15,17-18H2,1-2H3,(H2,32,33,37). The highest BCUT2D eigenvalue weighted by Crippen LogP contribution is 2.31. The number of anilines is 1. The topological polar surface area (TPSA) is 106 Å². The van der Waals surface area contributed by atoms with Gasteiger partial charge in [0.2, 0.25) is 11.8 Å². The zero-order valence-corrected chi connectivity index (χ0v) is 21.8. The molecule has 1 aliphatic rings. The molecule has 3 heterocycles. The van der Waals surface area contributed by atoms with Crippen LogP contribution in [0.5, 0.6) is 11.8 Å². The number of nitrogens with zero attached hydrogens (tertiary/aromatic N) is 5. The van der Waals surface area contributed by atoms with Crippen molar-refractivity contribution >= 4 is 11.8 Å². The van der Waals surface area contributed by atoms with Gasteiger partial charge in [0, 0.05) is 45.1 Å². The fraction of sp³-hybridized carbons (Fsp3) is 0.286. The predicted molar refractivity (Wildman–Crippen MR) is 144 cm³/mol. The minimum atomic E-state index is -0.382. The number of urea groups is 1. The first-order chi connectivity index (χ1) is 19.0. The van der Waals surface area contributed by atoms with E-state index in [9.17, 15) is 9.18 Å². The van der Waals surface area contributed by atoms with E-state index in [0.29, 0.717) is 36.3 Å². The Morgan fingerprint density at radius 3 is 2.62 bits per heavy atom. The van der Waals surface area contributed by atoms with Crippen molar-refractivity contribution in [2.75, 3.05) is 38.7 Å². The van der Waals surface area contributed by atoms with Gasteiger partial charge >= 0.3 is 6.03 Å². The van der Waals surface area contributed by atoms with Crippen LogP contribution in [0, 0.1) is 12.7 Å². The molecular weight excluding hydrogens is 501 g/mol. The summed E-state index contributed by atoms with van der Waals surface area (Å²) in [7, 11) is 1.66. The molecular formula is C28H30FN7O3. The number of nitrogens with one attached hydrogen (secondary N) is 2. The molecule has 0 saturated carbocycles. The summed E-state index contributed by atoms with van der Waals surface area (Å²) < 4.78 is 26.3. The number of likely N-dealkylation sites (tertiary alicyclic amines) is 1. The lowest BCUT2D eigenvalue weighted by Gasteiger charge is -2.21. The molecule has 2 amide bonds. The Bertz CT molecular complexity index is 1380. The fourth-order valence-corrected chi connectivity index (χ4v) is 4.71. The number of methoxy groups -OCH3 is 1. The molecule has 2 aromatic carbocycles. The van der Waals surface area contributed by atoms with E-state index in [0.717, 1.165) is 24.3 Å². The molecule has 0 bridgehead atoms. The van der Waals surface area contributed by atoms with Gasteiger partial charge in [0.25, 0.3) is 0 Å². The average molecular weight is 532 g/mol. The third kappa shape index (κ3) is 6.21. The molecule has 2 aromatic heterocycles. The number of carbonyl (C=O) groups is 1. The number of para-hydroxylation sites is 1. The molecule has 1 saturated heterocycles. The Kier molecular flexibility index (Phi) is 8.09. The van der Waals surface area contributed by atoms with E-state index >= 15 is 0 Å². The van der Waals surface area contributed by atoms with Crippen LogP contribution >= 0.6 is 0 Å². The molecule has 0 spiro atoms. The Morgan fingerprint density at radius 1 is 1.10 bits per heavy atom. The van der Waals surface area contributed by atoms with E-state index in [1.54, 1.807) is 30.1 Å². The van der Waals surface area contributed by atoms with Crippen LogP contribution in [0.4, 0.5) is 15.0 Å². The van der Waals surface area contributed by atoms with E-state index in [2.05, 4.69) is 30.6 Å². The number of hydrogen-bond donors (Lipinski definition) is 2. The summed E-state index contributed by atoms with van der Waals surface area (Å²) in [5.41, 5.74) is 2.34. The molecule has 0 aliphatic carbocycles. The molecule has 1 aliphatic heterocycles. The molecule has 1 fully saturated rings. The van der Waals surface area contributed by atoms with Gasteiger partial charge in [0.1, 0.15) is 11.6 Å². The predicted octanol–water partition coefficient (Wildman–Crippen LogP) is 4.14. The van der Waals surface area contributed by atoms with E-state index in [1.807, 2.05) is 37.3 Å². The van der Waals surface area contributed by atoms with Crippen LogP contribution < -0.4 is 15.4 Å². The SMILES string of the molecule is COCCN1CC(NC(=O)Nc2c(C)c(Oc3cnccn3)nn2-c2ccccc2)C(c2ccc(F)cc2)C1. The molecule has 2 N–H and O–H groups in total. The summed E-state index contributed by atoms with van der Waals surface area (Å²) in [5, 5.41) is 10.7. The molecule has 202 valence electrons. The Balaban J connectivity index is 1.38. The highest BCUT2D eigenvalue weighted by molar-refractivity contribution is 5.90. The second kappa shape index (κ2) is 12.0. The summed E-state index contributed by atoms with van der Waals surface area (Å²) in [5.74, 6) is 0.748. The Labute approximate surface area is 225 Å². The van der Waals surface area contributed by atoms with Crippen LogP contribution in [0.25, 0.3) is 5.69 Å². The summed E-state index contributed by atoms with van der Waals surface area (Å²) >= 11 is 0. The number of halogens is 1. The van der Waals surface area contributed by atoms with Gasteiger partial charge in [0.15, 0.2) is 0 Å². The lowest BCUT2D eigenvalue weighted by molar-refractivity contribution is 0.159. The van der Waals surface area contributed by atoms with Gasteiger partial charge in [-0.1, -0.05) is 30.3 Å². The maximum absolute atomic E-state index is 13.6. The molecule has 2 unspecified atom stereocenters. The van der Waals surface area contributed by atoms with Crippen LogP contribution in [0.15, 0.2) is 73.2 Å². The summed E-state index contributed by atoms with van der Waals surface area (Å²) in [6, 6.07) is 15.3. The molecule has 4 aromatic rings. The van der Waals surface area contributed by atoms with E-state index in [-0.39, 0.29) is 23.8 Å². The molecule has 0 radical (unpaired) electrons. The monoisotopic (exact) mass is 531 g/mol. The van der Waals surface area contributed by atoms with Gasteiger partial charge in [-0.3, -0.25) is 15.2 Å². The van der Waals surface area contributed by atoms with Crippen molar-refractivity contribution in [3.05, 3.63) is 90.1 Å². The lowest BCUT2D eigenvalue weighted by Crippen LogP contribution is -2.42. The van der Waals surface area contributed by atoms with Crippen molar-refractivity contribution in [1.29, 1.82) is 0 Å². The van der Waals surface area contributed by atoms with Crippen LogP contribution in [0.2, 0.25) is 0 Å². The van der Waals surface area contributed by atoms with Crippen LogP contribution in [-0.4, -0.2) is 70.1 Å². The van der Waals surface area contributed by atoms with Gasteiger partial charge in [-0.05, 0) is 36.8 Å². The third-order valence-electron chi connectivity index (χ3n) is 6.67. The Morgan fingerprint density at radius 2 is 1.90 bits per heavy atom. The summed E-state index contributed by atoms with van der Waals surface area (Å²) in [4.78, 5) is 23.8. The van der Waals surface area contributed by atoms with E-state index in [4.69, 9.17) is 9.47 Å². The molecule has 10 nitrogen and oxygen atoms in total. The normalized spacial score (nSPS) is 17.2. The van der Waals surface area contributed by atoms with E-state index < -0.39 is 0 Å². The van der Waals surface area contributed by atoms with Gasteiger partial charge in [0.05, 0.1) is 30.1 Å². The van der Waals surface area contributed by atoms with E-state index in [1.165, 1.54) is 24.5 Å². The van der Waals surface area contributed by atoms with Crippen molar-refractivity contribution in [3.8, 4) is 17.4 Å². The second-order valence-corrected chi connectivity index (χ2v) is 9.29. The Hall–Kier alpha value is -4.35. The summed E-state index contributed by atoms with van der Waals surface area (Å²) in [6.45, 7) is 4.49. The first-order valence-electron chi connectivity index (χ1n) is 12.6. The number of rotatable bonds is 9. The minimum Gasteiger partial charge on any atom is -0.417 e. The van der Waals surface area contributed by atoms with Crippen LogP contribution in [0.3, 0.4) is 0 Å². The highest BCUT2D eigenvalue weighted by Gasteiger charge is 2.35. The lowest BCUT2D eigenvalue weighted by atomic mass is 9.94. The van der Waals surface area contributed by atoms with Crippen LogP contribution in [-0.2, 0) is 4.74 Å². The first kappa shape index (κ1) is 26.3. The van der Waals surface area contributed by atoms with Gasteiger partial charge in [-0.15, -0.1) is 5.10 Å². The third-order valence-corrected chi connectivity index (χ3v) is 6.67. The number of ether oxygens (including phenoxy) is 2. The van der Waals surface area contributed by atoms with Crippen molar-refractivity contribution < 1.29 is 18.7 Å². The minimum absolute atomic E-state index is 0.0103. The molecule has 2 atom stereocenters. The largest absolute Gasteiger partial charge is 0.417 e. The number of carbonyl (C=O) groups excluding carboxylic acids is 1. The van der Waals surface area contributed by atoms with Gasteiger partial charge in [-0.2, -0.15) is 0 Å². The quantitative estimate of drug-likeness (QED) is 0.334. The first-order valence-corrected chi connectivity index (χ1v) is 12.6. The maximum atomic E-state index is 13.6. The second-order valence-electron chi connectivity index (χ2n) is 9.29. The number of hydrogen-bond acceptors (Lipinski definition) is 7. The number of aromatic nitrogens is 4. The van der Waals surface area contributed by atoms with Gasteiger partial charge in [-0.25, -0.2) is 18.9 Å². The van der Waals surface area contributed by atoms with Crippen molar-refractivity contribution in [2.45, 2.75) is 18.9 Å². The molecule has 5 rings (SSSR count). The molecule has 39 heavy (non-hydrogen) atoms. The van der Waals surface area contributed by atoms with Crippen LogP contribution in [0.1, 0.15) is 17.0 Å². The fourth-order valence-electron chi connectivity index (χ4n) is 4.71. The number of benzene rings is 2. The van der Waals surface area contributed by atoms with Gasteiger partial charge < -0.3 is 14.8 Å².